The Hall–Kier alpha value is -1.34. The Kier molecular flexibility index (Phi) is 5.56. The highest BCUT2D eigenvalue weighted by atomic mass is 19.4. The van der Waals surface area contributed by atoms with Gasteiger partial charge in [-0.05, 0) is 20.0 Å². The molecule has 0 amide bonds. The summed E-state index contributed by atoms with van der Waals surface area (Å²) in [6.07, 6.45) is -4.40. The molecule has 0 spiro atoms. The third-order valence-corrected chi connectivity index (χ3v) is 2.45. The zero-order chi connectivity index (χ0) is 14.5. The van der Waals surface area contributed by atoms with Gasteiger partial charge in [0.15, 0.2) is 6.79 Å². The van der Waals surface area contributed by atoms with Crippen molar-refractivity contribution >= 4 is 0 Å². The van der Waals surface area contributed by atoms with Gasteiger partial charge in [-0.15, -0.1) is 0 Å². The van der Waals surface area contributed by atoms with Crippen molar-refractivity contribution in [1.82, 2.24) is 5.32 Å². The summed E-state index contributed by atoms with van der Waals surface area (Å²) in [5.41, 5.74) is 0.450. The smallest absolute Gasteiger partial charge is 0.411 e. The van der Waals surface area contributed by atoms with Crippen LogP contribution in [-0.4, -0.2) is 26.6 Å². The van der Waals surface area contributed by atoms with Crippen LogP contribution < -0.4 is 10.1 Å². The molecule has 1 aromatic rings. The van der Waals surface area contributed by atoms with E-state index in [1.54, 1.807) is 14.0 Å². The molecule has 1 aromatic carbocycles. The lowest BCUT2D eigenvalue weighted by Crippen LogP contribution is -2.19. The predicted molar refractivity (Wildman–Crippen MR) is 61.4 cm³/mol. The SMILES string of the molecule is CNC(C)c1ccc(OCOCC(F)(F)F)cc1F. The zero-order valence-electron chi connectivity index (χ0n) is 10.6. The van der Waals surface area contributed by atoms with E-state index in [9.17, 15) is 17.6 Å². The fourth-order valence-corrected chi connectivity index (χ4v) is 1.37. The van der Waals surface area contributed by atoms with Crippen LogP contribution in [0.5, 0.6) is 5.75 Å². The highest BCUT2D eigenvalue weighted by molar-refractivity contribution is 5.30. The summed E-state index contributed by atoms with van der Waals surface area (Å²) in [5, 5.41) is 2.88. The summed E-state index contributed by atoms with van der Waals surface area (Å²) >= 11 is 0. The zero-order valence-corrected chi connectivity index (χ0v) is 10.6. The van der Waals surface area contributed by atoms with Crippen molar-refractivity contribution in [1.29, 1.82) is 0 Å². The van der Waals surface area contributed by atoms with Crippen molar-refractivity contribution in [2.45, 2.75) is 19.1 Å². The quantitative estimate of drug-likeness (QED) is 0.494. The molecule has 1 unspecified atom stereocenters. The number of alkyl halides is 3. The summed E-state index contributed by atoms with van der Waals surface area (Å²) in [5.74, 6) is -0.373. The van der Waals surface area contributed by atoms with Crippen LogP contribution in [0.3, 0.4) is 0 Å². The number of hydrogen-bond donors (Lipinski definition) is 1. The van der Waals surface area contributed by atoms with E-state index in [0.717, 1.165) is 6.07 Å². The van der Waals surface area contributed by atoms with Crippen molar-refractivity contribution in [3.05, 3.63) is 29.6 Å². The summed E-state index contributed by atoms with van der Waals surface area (Å²) in [6.45, 7) is -0.199. The van der Waals surface area contributed by atoms with E-state index in [-0.39, 0.29) is 11.8 Å². The Morgan fingerprint density at radius 1 is 1.32 bits per heavy atom. The molecule has 0 radical (unpaired) electrons. The molecule has 3 nitrogen and oxygen atoms in total. The Bertz CT molecular complexity index is 409. The van der Waals surface area contributed by atoms with Crippen LogP contribution in [0.1, 0.15) is 18.5 Å². The molecular formula is C12H15F4NO2. The van der Waals surface area contributed by atoms with Crippen LogP contribution in [-0.2, 0) is 4.74 Å². The lowest BCUT2D eigenvalue weighted by Gasteiger charge is -2.13. The molecule has 0 aliphatic rings. The van der Waals surface area contributed by atoms with Gasteiger partial charge in [-0.1, -0.05) is 6.07 Å². The summed E-state index contributed by atoms with van der Waals surface area (Å²) in [6, 6.07) is 3.93. The number of hydrogen-bond acceptors (Lipinski definition) is 3. The van der Waals surface area contributed by atoms with Gasteiger partial charge < -0.3 is 14.8 Å². The van der Waals surface area contributed by atoms with Crippen LogP contribution in [0.4, 0.5) is 17.6 Å². The Morgan fingerprint density at radius 2 is 2.00 bits per heavy atom. The molecule has 0 aliphatic carbocycles. The minimum absolute atomic E-state index is 0.117. The van der Waals surface area contributed by atoms with E-state index in [1.807, 2.05) is 0 Å². The van der Waals surface area contributed by atoms with Crippen molar-refractivity contribution in [2.75, 3.05) is 20.4 Å². The third kappa shape index (κ3) is 5.44. The first kappa shape index (κ1) is 15.7. The summed E-state index contributed by atoms with van der Waals surface area (Å²) in [7, 11) is 1.69. The second kappa shape index (κ2) is 6.72. The topological polar surface area (TPSA) is 30.5 Å². The molecule has 0 aliphatic heterocycles. The first-order chi connectivity index (χ1) is 8.83. The van der Waals surface area contributed by atoms with E-state index in [4.69, 9.17) is 4.74 Å². The van der Waals surface area contributed by atoms with Gasteiger partial charge in [-0.25, -0.2) is 4.39 Å². The minimum Gasteiger partial charge on any atom is -0.467 e. The maximum Gasteiger partial charge on any atom is 0.411 e. The van der Waals surface area contributed by atoms with Crippen molar-refractivity contribution in [2.24, 2.45) is 0 Å². The van der Waals surface area contributed by atoms with Gasteiger partial charge in [-0.3, -0.25) is 0 Å². The molecule has 1 atom stereocenters. The van der Waals surface area contributed by atoms with E-state index in [0.29, 0.717) is 5.56 Å². The molecule has 0 heterocycles. The lowest BCUT2D eigenvalue weighted by atomic mass is 10.1. The fraction of sp³-hybridized carbons (Fsp3) is 0.500. The average molecular weight is 281 g/mol. The van der Waals surface area contributed by atoms with Crippen LogP contribution >= 0.6 is 0 Å². The summed E-state index contributed by atoms with van der Waals surface area (Å²) < 4.78 is 58.1. The van der Waals surface area contributed by atoms with E-state index in [1.165, 1.54) is 12.1 Å². The van der Waals surface area contributed by atoms with Gasteiger partial charge >= 0.3 is 6.18 Å². The molecule has 7 heteroatoms. The van der Waals surface area contributed by atoms with Gasteiger partial charge in [0.1, 0.15) is 18.2 Å². The van der Waals surface area contributed by atoms with Gasteiger partial charge in [0, 0.05) is 17.7 Å². The maximum absolute atomic E-state index is 13.6. The second-order valence-electron chi connectivity index (χ2n) is 3.92. The molecule has 0 aromatic heterocycles. The molecule has 1 rings (SSSR count). The Labute approximate surface area is 108 Å². The van der Waals surface area contributed by atoms with Gasteiger partial charge in [0.05, 0.1) is 0 Å². The van der Waals surface area contributed by atoms with Gasteiger partial charge in [-0.2, -0.15) is 13.2 Å². The molecular weight excluding hydrogens is 266 g/mol. The highest BCUT2D eigenvalue weighted by Crippen LogP contribution is 2.22. The monoisotopic (exact) mass is 281 g/mol. The molecule has 0 fully saturated rings. The molecule has 1 N–H and O–H groups in total. The summed E-state index contributed by atoms with van der Waals surface area (Å²) in [4.78, 5) is 0. The first-order valence-corrected chi connectivity index (χ1v) is 5.57. The first-order valence-electron chi connectivity index (χ1n) is 5.57. The highest BCUT2D eigenvalue weighted by Gasteiger charge is 2.27. The molecule has 19 heavy (non-hydrogen) atoms. The Balaban J connectivity index is 2.50. The minimum atomic E-state index is -4.40. The largest absolute Gasteiger partial charge is 0.467 e. The van der Waals surface area contributed by atoms with Crippen molar-refractivity contribution < 1.29 is 27.0 Å². The van der Waals surface area contributed by atoms with Crippen LogP contribution in [0.25, 0.3) is 0 Å². The average Bonchev–Trinajstić information content (AvgIpc) is 2.33. The number of halogens is 4. The van der Waals surface area contributed by atoms with Crippen LogP contribution in [0, 0.1) is 5.82 Å². The molecule has 0 saturated heterocycles. The lowest BCUT2D eigenvalue weighted by molar-refractivity contribution is -0.186. The van der Waals surface area contributed by atoms with E-state index < -0.39 is 25.4 Å². The normalized spacial score (nSPS) is 13.4. The molecule has 0 bridgehead atoms. The predicted octanol–water partition coefficient (Wildman–Crippen LogP) is 3.02. The number of nitrogens with one attached hydrogen (secondary N) is 1. The van der Waals surface area contributed by atoms with E-state index >= 15 is 0 Å². The van der Waals surface area contributed by atoms with Crippen molar-refractivity contribution in [3.63, 3.8) is 0 Å². The molecule has 0 saturated carbocycles. The fourth-order valence-electron chi connectivity index (χ4n) is 1.37. The van der Waals surface area contributed by atoms with Gasteiger partial charge in [0.25, 0.3) is 0 Å². The number of rotatable bonds is 6. The van der Waals surface area contributed by atoms with Crippen LogP contribution in [0.2, 0.25) is 0 Å². The standard InChI is InChI=1S/C12H15F4NO2/c1-8(17-2)10-4-3-9(5-11(10)13)19-7-18-6-12(14,15)16/h3-5,8,17H,6-7H2,1-2H3. The van der Waals surface area contributed by atoms with Crippen LogP contribution in [0.15, 0.2) is 18.2 Å². The Morgan fingerprint density at radius 3 is 2.53 bits per heavy atom. The number of benzene rings is 1. The third-order valence-electron chi connectivity index (χ3n) is 2.45. The molecule has 108 valence electrons. The van der Waals surface area contributed by atoms with Crippen molar-refractivity contribution in [3.8, 4) is 5.75 Å². The van der Waals surface area contributed by atoms with E-state index in [2.05, 4.69) is 10.1 Å². The number of ether oxygens (including phenoxy) is 2. The maximum atomic E-state index is 13.6. The van der Waals surface area contributed by atoms with Gasteiger partial charge in [0.2, 0.25) is 0 Å². The second-order valence-corrected chi connectivity index (χ2v) is 3.92.